The van der Waals surface area contributed by atoms with Crippen LogP contribution in [-0.2, 0) is 33.9 Å². The summed E-state index contributed by atoms with van der Waals surface area (Å²) >= 11 is 1.51. The van der Waals surface area contributed by atoms with Gasteiger partial charge in [-0.15, -0.1) is 0 Å². The van der Waals surface area contributed by atoms with Gasteiger partial charge in [0.25, 0.3) is 0 Å². The molecule has 4 heteroatoms. The number of rotatable bonds is 6. The fourth-order valence-corrected chi connectivity index (χ4v) is 3.71. The monoisotopic (exact) mass is 351 g/mol. The molecule has 0 heterocycles. The van der Waals surface area contributed by atoms with Gasteiger partial charge in [0.1, 0.15) is 0 Å². The van der Waals surface area contributed by atoms with Gasteiger partial charge in [-0.25, -0.2) is 0 Å². The van der Waals surface area contributed by atoms with E-state index in [4.69, 9.17) is 9.16 Å². The second-order valence-electron chi connectivity index (χ2n) is 5.76. The van der Waals surface area contributed by atoms with E-state index in [1.54, 1.807) is 0 Å². The van der Waals surface area contributed by atoms with Crippen LogP contribution in [0.15, 0.2) is 44.5 Å². The zero-order chi connectivity index (χ0) is 13.9. The molecule has 0 amide bonds. The van der Waals surface area contributed by atoms with Crippen LogP contribution in [0.25, 0.3) is 0 Å². The second kappa shape index (κ2) is 6.51. The van der Waals surface area contributed by atoms with E-state index in [2.05, 4.69) is 43.9 Å². The number of allylic oxidation sites excluding steroid dienone is 7. The van der Waals surface area contributed by atoms with Crippen LogP contribution in [0.3, 0.4) is 0 Å². The first-order valence-electron chi connectivity index (χ1n) is 6.75. The first kappa shape index (κ1) is 15.2. The van der Waals surface area contributed by atoms with E-state index in [0.29, 0.717) is 13.2 Å². The first-order chi connectivity index (χ1) is 8.97. The molecular weight excluding hydrogens is 331 g/mol. The molecule has 0 aliphatic heterocycles. The Balaban J connectivity index is 1.93. The van der Waals surface area contributed by atoms with Crippen LogP contribution in [0, 0.1) is 0 Å². The van der Waals surface area contributed by atoms with Crippen molar-refractivity contribution in [3.05, 3.63) is 44.5 Å². The van der Waals surface area contributed by atoms with E-state index in [9.17, 15) is 0 Å². The molecule has 0 fully saturated rings. The molecule has 0 radical (unpaired) electrons. The summed E-state index contributed by atoms with van der Waals surface area (Å²) < 4.78 is 13.3. The Kier molecular flexibility index (Phi) is 5.22. The van der Waals surface area contributed by atoms with Gasteiger partial charge in [-0.05, 0) is 0 Å². The van der Waals surface area contributed by atoms with Crippen molar-refractivity contribution in [2.75, 3.05) is 13.2 Å². The molecule has 2 aliphatic rings. The maximum absolute atomic E-state index is 5.90. The van der Waals surface area contributed by atoms with Crippen molar-refractivity contribution in [1.82, 2.24) is 0 Å². The van der Waals surface area contributed by atoms with Crippen molar-refractivity contribution in [1.29, 1.82) is 0 Å². The molecule has 0 saturated carbocycles. The molecule has 0 aromatic rings. The second-order valence-corrected chi connectivity index (χ2v) is 11.8. The molecule has 0 spiro atoms. The van der Waals surface area contributed by atoms with E-state index < -0.39 is 8.32 Å². The van der Waals surface area contributed by atoms with Gasteiger partial charge in [0.05, 0.1) is 0 Å². The van der Waals surface area contributed by atoms with Crippen molar-refractivity contribution in [3.8, 4) is 0 Å². The fourth-order valence-electron chi connectivity index (χ4n) is 2.15. The summed E-state index contributed by atoms with van der Waals surface area (Å²) in [5.74, 6) is 1.04. The molecule has 19 heavy (non-hydrogen) atoms. The SMILES string of the molecule is C[Si](C)(C)OCCOC1=C(C2=[C]([Zr])CC=C2)CC=C1. The van der Waals surface area contributed by atoms with Gasteiger partial charge in [-0.2, -0.15) is 0 Å². The van der Waals surface area contributed by atoms with Gasteiger partial charge >= 0.3 is 132 Å². The maximum atomic E-state index is 5.90. The molecule has 0 atom stereocenters. The molecule has 0 bridgehead atoms. The molecule has 0 N–H and O–H groups in total. The van der Waals surface area contributed by atoms with Gasteiger partial charge in [0.2, 0.25) is 0 Å². The summed E-state index contributed by atoms with van der Waals surface area (Å²) in [6, 6.07) is 0. The topological polar surface area (TPSA) is 18.5 Å². The summed E-state index contributed by atoms with van der Waals surface area (Å²) in [5.41, 5.74) is 2.76. The van der Waals surface area contributed by atoms with Gasteiger partial charge in [-0.3, -0.25) is 0 Å². The minimum absolute atomic E-state index is 0.650. The van der Waals surface area contributed by atoms with Crippen LogP contribution >= 0.6 is 0 Å². The van der Waals surface area contributed by atoms with Crippen LogP contribution in [-0.4, -0.2) is 21.5 Å². The Labute approximate surface area is 132 Å². The number of ether oxygens (including phenoxy) is 1. The van der Waals surface area contributed by atoms with Gasteiger partial charge in [-0.1, -0.05) is 0 Å². The molecule has 0 unspecified atom stereocenters. The van der Waals surface area contributed by atoms with E-state index >= 15 is 0 Å². The molecule has 0 aromatic heterocycles. The Morgan fingerprint density at radius 1 is 1.11 bits per heavy atom. The Morgan fingerprint density at radius 3 is 2.47 bits per heavy atom. The predicted molar refractivity (Wildman–Crippen MR) is 76.8 cm³/mol. The standard InChI is InChI=1S/C15H21O2Si.Zr/c1-18(2,3)17-12-11-16-15-10-6-9-14(15)13-7-4-5-8-13;/h4,6-7,10H,5,9,11-12H2,1-3H3;. The third-order valence-electron chi connectivity index (χ3n) is 3.02. The van der Waals surface area contributed by atoms with Crippen molar-refractivity contribution < 1.29 is 33.9 Å². The third kappa shape index (κ3) is 4.40. The average Bonchev–Trinajstić information content (AvgIpc) is 2.91. The molecule has 0 saturated heterocycles. The summed E-state index contributed by atoms with van der Waals surface area (Å²) in [6.07, 6.45) is 10.9. The van der Waals surface area contributed by atoms with Gasteiger partial charge in [0.15, 0.2) is 0 Å². The quantitative estimate of drug-likeness (QED) is 0.534. The molecular formula is C15H21O2SiZr. The molecule has 0 aromatic carbocycles. The predicted octanol–water partition coefficient (Wildman–Crippen LogP) is 3.83. The minimum atomic E-state index is -1.42. The third-order valence-corrected chi connectivity index (χ3v) is 5.26. The molecule has 2 nitrogen and oxygen atoms in total. The Bertz CT molecular complexity index is 467. The number of hydrogen-bond donors (Lipinski definition) is 0. The zero-order valence-electron chi connectivity index (χ0n) is 12.0. The molecule has 101 valence electrons. The summed E-state index contributed by atoms with van der Waals surface area (Å²) in [4.78, 5) is 0. The van der Waals surface area contributed by atoms with Crippen LogP contribution in [0.2, 0.25) is 19.6 Å². The zero-order valence-corrected chi connectivity index (χ0v) is 15.4. The Hall–Kier alpha value is -0.180. The first-order valence-corrected chi connectivity index (χ1v) is 11.4. The van der Waals surface area contributed by atoms with E-state index in [1.807, 2.05) is 0 Å². The fraction of sp³-hybridized carbons (Fsp3) is 0.467. The van der Waals surface area contributed by atoms with E-state index in [1.165, 1.54) is 39.1 Å². The average molecular weight is 353 g/mol. The molecule has 2 rings (SSSR count). The van der Waals surface area contributed by atoms with E-state index in [-0.39, 0.29) is 0 Å². The van der Waals surface area contributed by atoms with Crippen molar-refractivity contribution in [2.45, 2.75) is 32.5 Å². The normalized spacial score (nSPS) is 18.8. The summed E-state index contributed by atoms with van der Waals surface area (Å²) in [5, 5.41) is 0. The molecule has 2 aliphatic carbocycles. The van der Waals surface area contributed by atoms with Crippen molar-refractivity contribution in [2.24, 2.45) is 0 Å². The van der Waals surface area contributed by atoms with Crippen molar-refractivity contribution >= 4 is 8.32 Å². The van der Waals surface area contributed by atoms with Gasteiger partial charge < -0.3 is 0 Å². The number of hydrogen-bond acceptors (Lipinski definition) is 2. The van der Waals surface area contributed by atoms with Crippen LogP contribution in [0.5, 0.6) is 0 Å². The van der Waals surface area contributed by atoms with Crippen LogP contribution in [0.4, 0.5) is 0 Å². The van der Waals surface area contributed by atoms with Crippen LogP contribution < -0.4 is 0 Å². The summed E-state index contributed by atoms with van der Waals surface area (Å²) in [7, 11) is -1.42. The Morgan fingerprint density at radius 2 is 1.84 bits per heavy atom. The van der Waals surface area contributed by atoms with E-state index in [0.717, 1.165) is 18.6 Å². The van der Waals surface area contributed by atoms with Crippen molar-refractivity contribution in [3.63, 3.8) is 0 Å². The van der Waals surface area contributed by atoms with Gasteiger partial charge in [0, 0.05) is 0 Å². The summed E-state index contributed by atoms with van der Waals surface area (Å²) in [6.45, 7) is 7.95. The van der Waals surface area contributed by atoms with Crippen LogP contribution in [0.1, 0.15) is 12.8 Å².